The number of cyclic esters (lactones) is 1. The number of nitrogens with zero attached hydrogens (tertiary/aromatic N) is 2. The summed E-state index contributed by atoms with van der Waals surface area (Å²) in [6, 6.07) is 0. The molecule has 3 rings (SSSR count). The van der Waals surface area contributed by atoms with E-state index in [0.717, 1.165) is 63.6 Å². The molecule has 160 valence electrons. The molecule has 0 amide bonds. The molecule has 0 bridgehead atoms. The number of rotatable bonds is 7. The Morgan fingerprint density at radius 3 is 2.48 bits per heavy atom. The first-order chi connectivity index (χ1) is 14.0. The average Bonchev–Trinajstić information content (AvgIpc) is 3.45. The molecule has 3 aliphatic rings. The van der Waals surface area contributed by atoms with Crippen LogP contribution in [-0.2, 0) is 23.9 Å². The SMILES string of the molecule is CCOC(=O)C1(C(SC=S)N2CCCC2)OC(=O)C(=O)C1SC(=S)N1CCCC1. The van der Waals surface area contributed by atoms with Gasteiger partial charge in [0, 0.05) is 17.8 Å². The summed E-state index contributed by atoms with van der Waals surface area (Å²) < 4.78 is 12.9. The van der Waals surface area contributed by atoms with Crippen LogP contribution in [-0.4, -0.2) is 85.6 Å². The maximum atomic E-state index is 13.2. The van der Waals surface area contributed by atoms with Crippen molar-refractivity contribution in [1.82, 2.24) is 9.80 Å². The van der Waals surface area contributed by atoms with E-state index < -0.39 is 33.9 Å². The molecule has 0 aromatic carbocycles. The van der Waals surface area contributed by atoms with E-state index in [1.165, 1.54) is 16.5 Å². The van der Waals surface area contributed by atoms with Crippen LogP contribution in [0.15, 0.2) is 0 Å². The van der Waals surface area contributed by atoms with E-state index in [1.54, 1.807) is 6.92 Å². The minimum Gasteiger partial charge on any atom is -0.463 e. The van der Waals surface area contributed by atoms with Crippen LogP contribution in [0, 0.1) is 0 Å². The van der Waals surface area contributed by atoms with Crippen molar-refractivity contribution in [2.24, 2.45) is 0 Å². The quantitative estimate of drug-likeness (QED) is 0.308. The van der Waals surface area contributed by atoms with Gasteiger partial charge in [-0.25, -0.2) is 9.59 Å². The minimum absolute atomic E-state index is 0.106. The van der Waals surface area contributed by atoms with E-state index >= 15 is 0 Å². The largest absolute Gasteiger partial charge is 0.463 e. The highest BCUT2D eigenvalue weighted by Crippen LogP contribution is 2.45. The summed E-state index contributed by atoms with van der Waals surface area (Å²) in [6.45, 7) is 4.84. The highest BCUT2D eigenvalue weighted by Gasteiger charge is 2.68. The summed E-state index contributed by atoms with van der Waals surface area (Å²) in [4.78, 5) is 42.6. The van der Waals surface area contributed by atoms with Crippen LogP contribution in [0.3, 0.4) is 0 Å². The van der Waals surface area contributed by atoms with Crippen LogP contribution >= 0.6 is 48.0 Å². The number of esters is 2. The maximum Gasteiger partial charge on any atom is 0.377 e. The molecule has 0 aromatic heterocycles. The van der Waals surface area contributed by atoms with Gasteiger partial charge in [0.2, 0.25) is 0 Å². The molecule has 0 aromatic rings. The van der Waals surface area contributed by atoms with Crippen molar-refractivity contribution >= 4 is 74.7 Å². The molecule has 3 atom stereocenters. The summed E-state index contributed by atoms with van der Waals surface area (Å²) >= 11 is 12.9. The third kappa shape index (κ3) is 4.48. The molecule has 3 heterocycles. The smallest absolute Gasteiger partial charge is 0.377 e. The molecular formula is C18H24N2O5S4. The highest BCUT2D eigenvalue weighted by molar-refractivity contribution is 8.24. The molecule has 11 heteroatoms. The van der Waals surface area contributed by atoms with E-state index in [9.17, 15) is 14.4 Å². The van der Waals surface area contributed by atoms with Gasteiger partial charge in [-0.1, -0.05) is 48.0 Å². The molecule has 0 saturated carbocycles. The topological polar surface area (TPSA) is 76.1 Å². The van der Waals surface area contributed by atoms with E-state index in [2.05, 4.69) is 0 Å². The molecule has 3 saturated heterocycles. The monoisotopic (exact) mass is 476 g/mol. The Hall–Kier alpha value is -0.750. The average molecular weight is 477 g/mol. The van der Waals surface area contributed by atoms with Gasteiger partial charge in [-0.05, 0) is 45.7 Å². The van der Waals surface area contributed by atoms with Crippen LogP contribution in [0.1, 0.15) is 32.6 Å². The molecule has 3 fully saturated rings. The van der Waals surface area contributed by atoms with Gasteiger partial charge >= 0.3 is 11.9 Å². The van der Waals surface area contributed by atoms with E-state index in [0.29, 0.717) is 4.32 Å². The lowest BCUT2D eigenvalue weighted by atomic mass is 9.97. The normalized spacial score (nSPS) is 28.4. The number of carbonyl (C=O) groups excluding carboxylic acids is 3. The third-order valence-corrected chi connectivity index (χ3v) is 8.45. The van der Waals surface area contributed by atoms with Crippen LogP contribution in [0.5, 0.6) is 0 Å². The predicted octanol–water partition coefficient (Wildman–Crippen LogP) is 2.01. The summed E-state index contributed by atoms with van der Waals surface area (Å²) in [5, 5.41) is -1.74. The second-order valence-electron chi connectivity index (χ2n) is 7.05. The number of thiocarbonyl (C=S) groups is 2. The van der Waals surface area contributed by atoms with Crippen molar-refractivity contribution in [1.29, 1.82) is 0 Å². The summed E-state index contributed by atoms with van der Waals surface area (Å²) in [7, 11) is 0. The van der Waals surface area contributed by atoms with Gasteiger partial charge in [0.25, 0.3) is 11.4 Å². The van der Waals surface area contributed by atoms with E-state index in [4.69, 9.17) is 33.9 Å². The standard InChI is InChI=1S/C18H24N2O5S4/c1-2-24-16(23)18(15(28-11-26)19-7-3-4-8-19)13(12(21)14(22)25-18)29-17(27)20-9-5-6-10-20/h11,13,15H,2-10H2,1H3. The van der Waals surface area contributed by atoms with Crippen molar-refractivity contribution in [3.05, 3.63) is 0 Å². The van der Waals surface area contributed by atoms with Gasteiger partial charge < -0.3 is 14.4 Å². The van der Waals surface area contributed by atoms with Gasteiger partial charge in [0.05, 0.1) is 6.61 Å². The van der Waals surface area contributed by atoms with Crippen molar-refractivity contribution in [2.75, 3.05) is 32.8 Å². The Kier molecular flexibility index (Phi) is 7.94. The maximum absolute atomic E-state index is 13.2. The van der Waals surface area contributed by atoms with Gasteiger partial charge in [0.15, 0.2) is 0 Å². The van der Waals surface area contributed by atoms with Crippen LogP contribution in [0.25, 0.3) is 0 Å². The van der Waals surface area contributed by atoms with Gasteiger partial charge in [-0.15, -0.1) is 0 Å². The van der Waals surface area contributed by atoms with Crippen molar-refractivity contribution < 1.29 is 23.9 Å². The zero-order valence-corrected chi connectivity index (χ0v) is 19.4. The third-order valence-electron chi connectivity index (χ3n) is 5.29. The van der Waals surface area contributed by atoms with Crippen molar-refractivity contribution in [3.8, 4) is 0 Å². The fourth-order valence-corrected chi connectivity index (χ4v) is 6.96. The Bertz CT molecular complexity index is 694. The summed E-state index contributed by atoms with van der Waals surface area (Å²) in [5.74, 6) is -2.49. The molecule has 29 heavy (non-hydrogen) atoms. The molecule has 0 aliphatic carbocycles. The number of hydrogen-bond acceptors (Lipinski definition) is 10. The molecule has 3 unspecified atom stereocenters. The second-order valence-corrected chi connectivity index (χ2v) is 10.3. The van der Waals surface area contributed by atoms with E-state index in [1.807, 2.05) is 9.80 Å². The Morgan fingerprint density at radius 2 is 1.90 bits per heavy atom. The number of likely N-dealkylation sites (tertiary alicyclic amines) is 2. The Labute approximate surface area is 189 Å². The molecular weight excluding hydrogens is 452 g/mol. The molecule has 0 N–H and O–H groups in total. The number of ether oxygens (including phenoxy) is 2. The van der Waals surface area contributed by atoms with Crippen molar-refractivity contribution in [3.63, 3.8) is 0 Å². The Balaban J connectivity index is 2.01. The molecule has 7 nitrogen and oxygen atoms in total. The number of thioether (sulfide) groups is 2. The molecule has 3 aliphatic heterocycles. The predicted molar refractivity (Wildman–Crippen MR) is 121 cm³/mol. The van der Waals surface area contributed by atoms with Crippen LogP contribution in [0.2, 0.25) is 0 Å². The lowest BCUT2D eigenvalue weighted by molar-refractivity contribution is -0.177. The van der Waals surface area contributed by atoms with Crippen LogP contribution in [0.4, 0.5) is 0 Å². The van der Waals surface area contributed by atoms with E-state index in [-0.39, 0.29) is 6.61 Å². The minimum atomic E-state index is -1.79. The summed E-state index contributed by atoms with van der Waals surface area (Å²) in [5.41, 5.74) is -1.79. The first-order valence-corrected chi connectivity index (χ1v) is 12.4. The Morgan fingerprint density at radius 1 is 1.28 bits per heavy atom. The zero-order chi connectivity index (χ0) is 21.0. The number of ketones is 1. The first kappa shape index (κ1) is 22.9. The number of hydrogen-bond donors (Lipinski definition) is 0. The zero-order valence-electron chi connectivity index (χ0n) is 16.2. The van der Waals surface area contributed by atoms with Gasteiger partial charge in [-0.3, -0.25) is 9.69 Å². The fourth-order valence-electron chi connectivity index (χ4n) is 3.94. The lowest BCUT2D eigenvalue weighted by Crippen LogP contribution is -2.61. The summed E-state index contributed by atoms with van der Waals surface area (Å²) in [6.07, 6.45) is 3.96. The molecule has 0 spiro atoms. The van der Waals surface area contributed by atoms with Crippen molar-refractivity contribution in [2.45, 2.75) is 48.8 Å². The number of carbonyl (C=O) groups is 3. The fraction of sp³-hybridized carbons (Fsp3) is 0.722. The first-order valence-electron chi connectivity index (χ1n) is 9.68. The van der Waals surface area contributed by atoms with Gasteiger partial charge in [0.1, 0.15) is 14.9 Å². The second kappa shape index (κ2) is 10.0. The van der Waals surface area contributed by atoms with Crippen LogP contribution < -0.4 is 0 Å². The molecule has 0 radical (unpaired) electrons. The van der Waals surface area contributed by atoms with Gasteiger partial charge in [-0.2, -0.15) is 0 Å². The lowest BCUT2D eigenvalue weighted by Gasteiger charge is -2.40. The number of Topliss-reactive ketones (excluding diaryl/α,β-unsaturated/α-hetero) is 1. The highest BCUT2D eigenvalue weighted by atomic mass is 32.2.